The zero-order valence-electron chi connectivity index (χ0n) is 23.3. The highest BCUT2D eigenvalue weighted by atomic mass is 31.2. The van der Waals surface area contributed by atoms with Crippen molar-refractivity contribution in [3.05, 3.63) is 34.8 Å². The highest BCUT2D eigenvalue weighted by molar-refractivity contribution is 7.47. The Balaban J connectivity index is 1.17. The van der Waals surface area contributed by atoms with Gasteiger partial charge in [-0.05, 0) is 12.8 Å². The Labute approximate surface area is 256 Å². The molecule has 46 heavy (non-hydrogen) atoms. The van der Waals surface area contributed by atoms with E-state index in [2.05, 4.69) is 29.4 Å². The monoisotopic (exact) mass is 684 g/mol. The maximum absolute atomic E-state index is 13.1. The highest BCUT2D eigenvalue weighted by Crippen LogP contribution is 2.50. The van der Waals surface area contributed by atoms with Crippen LogP contribution in [0.2, 0.25) is 0 Å². The molecule has 0 saturated carbocycles. The van der Waals surface area contributed by atoms with Gasteiger partial charge < -0.3 is 45.3 Å². The SMILES string of the molecule is N#Cc1cn([C@@H]2O[C@H](COP(=O)(O)O)[C@@H](OP(=O)(O)OC[C@@H]3CC[C@H](n4cnc5c(=O)[nH]c(N)nc54)O3)[C@H]2O)c2ncnc(N)c12. The second-order valence-electron chi connectivity index (χ2n) is 10.3. The molecule has 9 N–H and O–H groups in total. The van der Waals surface area contributed by atoms with E-state index in [-0.39, 0.29) is 39.5 Å². The predicted molar refractivity (Wildman–Crippen MR) is 151 cm³/mol. The predicted octanol–water partition coefficient (Wildman–Crippen LogP) is -0.852. The quantitative estimate of drug-likeness (QED) is 0.1000. The molecule has 1 unspecified atom stereocenters. The number of imidazole rings is 1. The number of aliphatic hydroxyl groups is 1. The van der Waals surface area contributed by atoms with Crippen LogP contribution in [0.15, 0.2) is 23.6 Å². The highest BCUT2D eigenvalue weighted by Gasteiger charge is 2.50. The number of rotatable bonds is 10. The van der Waals surface area contributed by atoms with E-state index in [1.54, 1.807) is 0 Å². The van der Waals surface area contributed by atoms with Gasteiger partial charge in [-0.15, -0.1) is 0 Å². The number of aliphatic hydroxyl groups excluding tert-OH is 1. The fourth-order valence-corrected chi connectivity index (χ4v) is 6.63. The summed E-state index contributed by atoms with van der Waals surface area (Å²) >= 11 is 0. The molecule has 2 aliphatic heterocycles. The normalized spacial score (nSPS) is 26.5. The van der Waals surface area contributed by atoms with E-state index in [4.69, 9.17) is 30.0 Å². The van der Waals surface area contributed by atoms with Crippen LogP contribution in [0.25, 0.3) is 22.2 Å². The molecule has 0 aromatic carbocycles. The number of H-pyrrole nitrogens is 1. The lowest BCUT2D eigenvalue weighted by Gasteiger charge is -2.24. The fourth-order valence-electron chi connectivity index (χ4n) is 5.30. The van der Waals surface area contributed by atoms with E-state index >= 15 is 0 Å². The largest absolute Gasteiger partial charge is 0.472 e. The van der Waals surface area contributed by atoms with Gasteiger partial charge in [-0.3, -0.25) is 27.9 Å². The molecule has 6 rings (SSSR count). The van der Waals surface area contributed by atoms with Crippen molar-refractivity contribution in [3.8, 4) is 6.07 Å². The standard InChI is InChI=1S/C22H26N10O12P2/c23-3-9-4-31(18-13(9)17(24)26-7-27-18)21-15(33)16(11(43-21)6-40-45(35,36)37)44-46(38,39)41-5-10-1-2-12(42-10)32-8-28-14-19(32)29-22(25)30-20(14)34/h4,7-8,10-12,15-16,21,33H,1-2,5-6H2,(H,38,39)(H2,24,26,27)(H2,35,36,37)(H3,25,29,30,34)/t10-,11+,12+,15+,16+,21+/m0/s1. The molecular weight excluding hydrogens is 658 g/mol. The number of aromatic amines is 1. The molecule has 0 bridgehead atoms. The second kappa shape index (κ2) is 12.1. The smallest absolute Gasteiger partial charge is 0.386 e. The Hall–Kier alpha value is -3.84. The van der Waals surface area contributed by atoms with Crippen LogP contribution in [0.3, 0.4) is 0 Å². The minimum Gasteiger partial charge on any atom is -0.386 e. The first-order valence-electron chi connectivity index (χ1n) is 13.3. The third-order valence-corrected chi connectivity index (χ3v) is 8.74. The van der Waals surface area contributed by atoms with Crippen LogP contribution in [0.5, 0.6) is 0 Å². The number of nitriles is 1. The summed E-state index contributed by atoms with van der Waals surface area (Å²) in [6.07, 6.45) is -3.42. The lowest BCUT2D eigenvalue weighted by Crippen LogP contribution is -2.36. The molecule has 6 heterocycles. The number of nitrogens with two attached hydrogens (primary N) is 2. The summed E-state index contributed by atoms with van der Waals surface area (Å²) in [4.78, 5) is 59.5. The van der Waals surface area contributed by atoms with Crippen LogP contribution < -0.4 is 17.0 Å². The lowest BCUT2D eigenvalue weighted by molar-refractivity contribution is -0.0512. The van der Waals surface area contributed by atoms with Crippen molar-refractivity contribution in [2.75, 3.05) is 24.7 Å². The number of phosphoric ester groups is 2. The maximum Gasteiger partial charge on any atom is 0.472 e. The first kappa shape index (κ1) is 32.1. The number of anilines is 2. The number of aromatic nitrogens is 7. The van der Waals surface area contributed by atoms with Gasteiger partial charge in [0, 0.05) is 6.20 Å². The first-order valence-corrected chi connectivity index (χ1v) is 16.4. The summed E-state index contributed by atoms with van der Waals surface area (Å²) in [5, 5.41) is 20.9. The lowest BCUT2D eigenvalue weighted by atomic mass is 10.1. The zero-order chi connectivity index (χ0) is 33.0. The molecule has 4 aromatic rings. The molecule has 0 spiro atoms. The molecule has 246 valence electrons. The van der Waals surface area contributed by atoms with Crippen molar-refractivity contribution in [1.29, 1.82) is 5.26 Å². The Morgan fingerprint density at radius 2 is 1.87 bits per heavy atom. The van der Waals surface area contributed by atoms with Crippen molar-refractivity contribution in [3.63, 3.8) is 0 Å². The van der Waals surface area contributed by atoms with Crippen molar-refractivity contribution in [2.24, 2.45) is 0 Å². The van der Waals surface area contributed by atoms with Crippen LogP contribution in [0.4, 0.5) is 11.8 Å². The zero-order valence-corrected chi connectivity index (χ0v) is 25.0. The Bertz CT molecular complexity index is 1990. The summed E-state index contributed by atoms with van der Waals surface area (Å²) in [5.41, 5.74) is 11.3. The third kappa shape index (κ3) is 6.26. The van der Waals surface area contributed by atoms with Gasteiger partial charge in [0.25, 0.3) is 5.56 Å². The number of nitrogens with one attached hydrogen (secondary N) is 1. The summed E-state index contributed by atoms with van der Waals surface area (Å²) < 4.78 is 53.8. The number of nitrogens with zero attached hydrogens (tertiary/aromatic N) is 7. The van der Waals surface area contributed by atoms with E-state index < -0.39 is 71.3 Å². The Kier molecular flexibility index (Phi) is 8.43. The van der Waals surface area contributed by atoms with Gasteiger partial charge in [0.05, 0.1) is 36.6 Å². The number of phosphoric acid groups is 2. The average molecular weight is 684 g/mol. The van der Waals surface area contributed by atoms with Gasteiger partial charge in [-0.25, -0.2) is 24.1 Å². The summed E-state index contributed by atoms with van der Waals surface area (Å²) in [7, 11) is -10.1. The van der Waals surface area contributed by atoms with Crippen LogP contribution >= 0.6 is 15.6 Å². The number of fused-ring (bicyclic) bond motifs is 2. The molecule has 0 amide bonds. The molecule has 4 aromatic heterocycles. The molecule has 2 aliphatic rings. The van der Waals surface area contributed by atoms with Gasteiger partial charge in [0.1, 0.15) is 48.4 Å². The van der Waals surface area contributed by atoms with Gasteiger partial charge in [-0.1, -0.05) is 0 Å². The van der Waals surface area contributed by atoms with Crippen molar-refractivity contribution in [1.82, 2.24) is 34.1 Å². The van der Waals surface area contributed by atoms with Gasteiger partial charge in [0.2, 0.25) is 5.95 Å². The average Bonchev–Trinajstić information content (AvgIpc) is 3.76. The van der Waals surface area contributed by atoms with E-state index in [1.165, 1.54) is 21.7 Å². The van der Waals surface area contributed by atoms with E-state index in [9.17, 15) is 39.0 Å². The third-order valence-electron chi connectivity index (χ3n) is 7.27. The van der Waals surface area contributed by atoms with Crippen LogP contribution in [-0.4, -0.2) is 91.5 Å². The van der Waals surface area contributed by atoms with Crippen LogP contribution in [0, 0.1) is 11.3 Å². The van der Waals surface area contributed by atoms with Crippen molar-refractivity contribution in [2.45, 2.75) is 49.7 Å². The minimum atomic E-state index is -5.05. The molecule has 24 heteroatoms. The minimum absolute atomic E-state index is 0.0251. The summed E-state index contributed by atoms with van der Waals surface area (Å²) in [5.74, 6) is -0.157. The van der Waals surface area contributed by atoms with Crippen molar-refractivity contribution < 1.29 is 52.0 Å². The first-order chi connectivity index (χ1) is 21.7. The van der Waals surface area contributed by atoms with E-state index in [0.29, 0.717) is 12.8 Å². The van der Waals surface area contributed by atoms with Crippen LogP contribution in [0.1, 0.15) is 30.9 Å². The molecule has 22 nitrogen and oxygen atoms in total. The molecule has 7 atom stereocenters. The number of hydrogen-bond acceptors (Lipinski definition) is 16. The van der Waals surface area contributed by atoms with Gasteiger partial charge >= 0.3 is 15.6 Å². The molecule has 0 radical (unpaired) electrons. The molecule has 0 aliphatic carbocycles. The van der Waals surface area contributed by atoms with Crippen molar-refractivity contribution >= 4 is 49.6 Å². The number of ether oxygens (including phenoxy) is 2. The summed E-state index contributed by atoms with van der Waals surface area (Å²) in [6.45, 7) is -1.33. The fraction of sp³-hybridized carbons (Fsp3) is 0.455. The molecule has 2 fully saturated rings. The number of nitrogen functional groups attached to an aromatic ring is 2. The maximum atomic E-state index is 13.1. The van der Waals surface area contributed by atoms with E-state index in [0.717, 1.165) is 6.33 Å². The molecule has 2 saturated heterocycles. The summed E-state index contributed by atoms with van der Waals surface area (Å²) in [6, 6.07) is 1.92. The number of hydrogen-bond donors (Lipinski definition) is 7. The van der Waals surface area contributed by atoms with Crippen LogP contribution in [-0.2, 0) is 32.2 Å². The van der Waals surface area contributed by atoms with Gasteiger partial charge in [0.15, 0.2) is 17.4 Å². The van der Waals surface area contributed by atoms with E-state index in [1.807, 2.05) is 6.07 Å². The second-order valence-corrected chi connectivity index (χ2v) is 12.9. The topological polar surface area (TPSA) is 331 Å². The Morgan fingerprint density at radius 1 is 1.09 bits per heavy atom. The molecular formula is C22H26N10O12P2. The van der Waals surface area contributed by atoms with Gasteiger partial charge in [-0.2, -0.15) is 10.2 Å². The Morgan fingerprint density at radius 3 is 2.61 bits per heavy atom.